The third kappa shape index (κ3) is 2.85. The molecular formula is C15H23N. The molecule has 0 saturated carbocycles. The Bertz CT molecular complexity index is 309. The second kappa shape index (κ2) is 5.01. The molecule has 0 aliphatic carbocycles. The number of hydrogen-bond donors (Lipinski definition) is 0. The summed E-state index contributed by atoms with van der Waals surface area (Å²) in [7, 11) is 0. The lowest BCUT2D eigenvalue weighted by Crippen LogP contribution is -2.42. The maximum Gasteiger partial charge on any atom is 0.0156 e. The Morgan fingerprint density at radius 3 is 2.31 bits per heavy atom. The molecule has 1 aliphatic heterocycles. The summed E-state index contributed by atoms with van der Waals surface area (Å²) in [5.74, 6) is 0. The fourth-order valence-corrected chi connectivity index (χ4v) is 2.58. The van der Waals surface area contributed by atoms with Crippen molar-refractivity contribution in [2.45, 2.75) is 45.1 Å². The van der Waals surface area contributed by atoms with Gasteiger partial charge in [0, 0.05) is 5.54 Å². The fraction of sp³-hybridized carbons (Fsp3) is 0.600. The molecule has 1 fully saturated rings. The summed E-state index contributed by atoms with van der Waals surface area (Å²) < 4.78 is 0. The Labute approximate surface area is 99.5 Å². The van der Waals surface area contributed by atoms with Gasteiger partial charge in [-0.2, -0.15) is 0 Å². The van der Waals surface area contributed by atoms with Crippen molar-refractivity contribution in [3.63, 3.8) is 0 Å². The normalized spacial score (nSPS) is 17.9. The first kappa shape index (κ1) is 11.7. The first-order valence-electron chi connectivity index (χ1n) is 6.47. The monoisotopic (exact) mass is 217 g/mol. The van der Waals surface area contributed by atoms with Gasteiger partial charge in [-0.25, -0.2) is 0 Å². The Kier molecular flexibility index (Phi) is 3.65. The molecule has 1 heterocycles. The number of likely N-dealkylation sites (tertiary alicyclic amines) is 1. The van der Waals surface area contributed by atoms with Crippen molar-refractivity contribution in [2.24, 2.45) is 0 Å². The molecule has 16 heavy (non-hydrogen) atoms. The smallest absolute Gasteiger partial charge is 0.0156 e. The van der Waals surface area contributed by atoms with Crippen LogP contribution in [0.4, 0.5) is 0 Å². The molecule has 0 radical (unpaired) electrons. The predicted octanol–water partition coefficient (Wildman–Crippen LogP) is 3.49. The molecule has 1 nitrogen and oxygen atoms in total. The van der Waals surface area contributed by atoms with Crippen LogP contribution in [0.3, 0.4) is 0 Å². The maximum absolute atomic E-state index is 2.65. The number of hydrogen-bond acceptors (Lipinski definition) is 1. The summed E-state index contributed by atoms with van der Waals surface area (Å²) in [6.07, 6.45) is 5.23. The van der Waals surface area contributed by atoms with E-state index >= 15 is 0 Å². The zero-order valence-corrected chi connectivity index (χ0v) is 10.6. The van der Waals surface area contributed by atoms with Gasteiger partial charge in [0.15, 0.2) is 0 Å². The van der Waals surface area contributed by atoms with Crippen LogP contribution in [0.1, 0.15) is 38.7 Å². The Hall–Kier alpha value is -0.820. The molecule has 0 unspecified atom stereocenters. The standard InChI is InChI=1S/C15H23N/c1-15(2,16-12-6-7-13-16)11-10-14-8-4-3-5-9-14/h3-5,8-9H,6-7,10-13H2,1-2H3. The highest BCUT2D eigenvalue weighted by molar-refractivity contribution is 5.15. The molecule has 1 heteroatoms. The maximum atomic E-state index is 2.65. The van der Waals surface area contributed by atoms with Gasteiger partial charge >= 0.3 is 0 Å². The van der Waals surface area contributed by atoms with E-state index in [1.54, 1.807) is 0 Å². The Morgan fingerprint density at radius 2 is 1.69 bits per heavy atom. The molecule has 0 spiro atoms. The number of rotatable bonds is 4. The van der Waals surface area contributed by atoms with Crippen LogP contribution in [0.2, 0.25) is 0 Å². The molecule has 88 valence electrons. The van der Waals surface area contributed by atoms with E-state index in [2.05, 4.69) is 49.1 Å². The lowest BCUT2D eigenvalue weighted by molar-refractivity contribution is 0.144. The molecule has 1 aromatic rings. The van der Waals surface area contributed by atoms with E-state index in [0.29, 0.717) is 5.54 Å². The van der Waals surface area contributed by atoms with E-state index in [0.717, 1.165) is 0 Å². The lowest BCUT2D eigenvalue weighted by Gasteiger charge is -2.35. The number of benzene rings is 1. The van der Waals surface area contributed by atoms with Gasteiger partial charge in [0.1, 0.15) is 0 Å². The second-order valence-corrected chi connectivity index (χ2v) is 5.49. The van der Waals surface area contributed by atoms with Gasteiger partial charge in [-0.05, 0) is 58.2 Å². The van der Waals surface area contributed by atoms with E-state index in [9.17, 15) is 0 Å². The van der Waals surface area contributed by atoms with Gasteiger partial charge < -0.3 is 0 Å². The van der Waals surface area contributed by atoms with Crippen molar-refractivity contribution >= 4 is 0 Å². The summed E-state index contributed by atoms with van der Waals surface area (Å²) in [4.78, 5) is 2.65. The van der Waals surface area contributed by atoms with Crippen LogP contribution in [0.15, 0.2) is 30.3 Å². The van der Waals surface area contributed by atoms with Crippen molar-refractivity contribution in [3.8, 4) is 0 Å². The quantitative estimate of drug-likeness (QED) is 0.746. The lowest BCUT2D eigenvalue weighted by atomic mass is 9.94. The molecule has 2 rings (SSSR count). The van der Waals surface area contributed by atoms with E-state index in [1.165, 1.54) is 44.3 Å². The molecule has 0 bridgehead atoms. The van der Waals surface area contributed by atoms with Gasteiger partial charge in [-0.3, -0.25) is 4.90 Å². The SMILES string of the molecule is CC(C)(CCc1ccccc1)N1CCCC1. The number of nitrogens with zero attached hydrogens (tertiary/aromatic N) is 1. The third-order valence-corrected chi connectivity index (χ3v) is 3.83. The first-order chi connectivity index (χ1) is 7.68. The van der Waals surface area contributed by atoms with Crippen LogP contribution in [0, 0.1) is 0 Å². The van der Waals surface area contributed by atoms with Gasteiger partial charge in [-0.1, -0.05) is 30.3 Å². The average molecular weight is 217 g/mol. The van der Waals surface area contributed by atoms with Crippen LogP contribution in [0.5, 0.6) is 0 Å². The van der Waals surface area contributed by atoms with E-state index in [4.69, 9.17) is 0 Å². The van der Waals surface area contributed by atoms with E-state index < -0.39 is 0 Å². The Balaban J connectivity index is 1.89. The van der Waals surface area contributed by atoms with Crippen LogP contribution in [-0.2, 0) is 6.42 Å². The van der Waals surface area contributed by atoms with E-state index in [1.807, 2.05) is 0 Å². The molecular weight excluding hydrogens is 194 g/mol. The number of aryl methyl sites for hydroxylation is 1. The van der Waals surface area contributed by atoms with Crippen molar-refractivity contribution < 1.29 is 0 Å². The highest BCUT2D eigenvalue weighted by Gasteiger charge is 2.28. The van der Waals surface area contributed by atoms with Crippen molar-refractivity contribution in [1.82, 2.24) is 4.90 Å². The molecule has 0 aromatic heterocycles. The highest BCUT2D eigenvalue weighted by atomic mass is 15.2. The first-order valence-corrected chi connectivity index (χ1v) is 6.47. The molecule has 0 amide bonds. The zero-order valence-electron chi connectivity index (χ0n) is 10.6. The van der Waals surface area contributed by atoms with Crippen LogP contribution >= 0.6 is 0 Å². The molecule has 0 N–H and O–H groups in total. The van der Waals surface area contributed by atoms with Crippen LogP contribution < -0.4 is 0 Å². The third-order valence-electron chi connectivity index (χ3n) is 3.83. The average Bonchev–Trinajstić information content (AvgIpc) is 2.82. The van der Waals surface area contributed by atoms with Crippen LogP contribution in [-0.4, -0.2) is 23.5 Å². The summed E-state index contributed by atoms with van der Waals surface area (Å²) in [6.45, 7) is 7.37. The van der Waals surface area contributed by atoms with Gasteiger partial charge in [-0.15, -0.1) is 0 Å². The van der Waals surface area contributed by atoms with Gasteiger partial charge in [0.2, 0.25) is 0 Å². The highest BCUT2D eigenvalue weighted by Crippen LogP contribution is 2.25. The largest absolute Gasteiger partial charge is 0.298 e. The predicted molar refractivity (Wildman–Crippen MR) is 69.6 cm³/mol. The Morgan fingerprint density at radius 1 is 1.06 bits per heavy atom. The summed E-state index contributed by atoms with van der Waals surface area (Å²) in [5.41, 5.74) is 1.83. The summed E-state index contributed by atoms with van der Waals surface area (Å²) in [6, 6.07) is 10.8. The van der Waals surface area contributed by atoms with Crippen molar-refractivity contribution in [3.05, 3.63) is 35.9 Å². The molecule has 0 atom stereocenters. The minimum absolute atomic E-state index is 0.367. The topological polar surface area (TPSA) is 3.24 Å². The second-order valence-electron chi connectivity index (χ2n) is 5.49. The minimum Gasteiger partial charge on any atom is -0.298 e. The van der Waals surface area contributed by atoms with Crippen molar-refractivity contribution in [1.29, 1.82) is 0 Å². The minimum atomic E-state index is 0.367. The van der Waals surface area contributed by atoms with Crippen LogP contribution in [0.25, 0.3) is 0 Å². The zero-order chi connectivity index (χ0) is 11.4. The molecule has 1 aliphatic rings. The van der Waals surface area contributed by atoms with Gasteiger partial charge in [0.25, 0.3) is 0 Å². The van der Waals surface area contributed by atoms with Gasteiger partial charge in [0.05, 0.1) is 0 Å². The summed E-state index contributed by atoms with van der Waals surface area (Å²) >= 11 is 0. The van der Waals surface area contributed by atoms with Crippen molar-refractivity contribution in [2.75, 3.05) is 13.1 Å². The molecule has 1 aromatic carbocycles. The molecule has 1 saturated heterocycles. The van der Waals surface area contributed by atoms with E-state index in [-0.39, 0.29) is 0 Å². The summed E-state index contributed by atoms with van der Waals surface area (Å²) in [5, 5.41) is 0. The fourth-order valence-electron chi connectivity index (χ4n) is 2.58.